The standard InChI is InChI=1S/C25H28N2O/c1-3-5-18-6-8-19(9-7-18)22-14-15-23(25(17-27)24(22)16-26)20-10-12-21(13-11-20)28-4-2/h10-15,18-19H,3-9H2,1-2H3/t18-,19-. The van der Waals surface area contributed by atoms with Gasteiger partial charge in [0.05, 0.1) is 17.7 Å². The van der Waals surface area contributed by atoms with Gasteiger partial charge in [-0.25, -0.2) is 0 Å². The van der Waals surface area contributed by atoms with E-state index in [4.69, 9.17) is 4.74 Å². The fourth-order valence-electron chi connectivity index (χ4n) is 4.50. The Kier molecular flexibility index (Phi) is 6.72. The topological polar surface area (TPSA) is 56.8 Å². The number of hydrogen-bond donors (Lipinski definition) is 0. The molecule has 0 N–H and O–H groups in total. The molecule has 0 heterocycles. The SMILES string of the molecule is CCC[C@H]1CC[C@H](c2ccc(-c3ccc(OCC)cc3)c(C#N)c2C#N)CC1. The summed E-state index contributed by atoms with van der Waals surface area (Å²) in [4.78, 5) is 0. The van der Waals surface area contributed by atoms with Gasteiger partial charge in [-0.05, 0) is 67.7 Å². The van der Waals surface area contributed by atoms with Crippen molar-refractivity contribution in [1.29, 1.82) is 10.5 Å². The Morgan fingerprint density at radius 2 is 1.57 bits per heavy atom. The Morgan fingerprint density at radius 1 is 0.893 bits per heavy atom. The first-order valence-corrected chi connectivity index (χ1v) is 10.4. The molecule has 1 aliphatic carbocycles. The van der Waals surface area contributed by atoms with Crippen molar-refractivity contribution in [2.75, 3.05) is 6.61 Å². The van der Waals surface area contributed by atoms with E-state index >= 15 is 0 Å². The molecule has 3 nitrogen and oxygen atoms in total. The fourth-order valence-corrected chi connectivity index (χ4v) is 4.50. The largest absolute Gasteiger partial charge is 0.494 e. The number of nitrogens with zero attached hydrogens (tertiary/aromatic N) is 2. The van der Waals surface area contributed by atoms with Crippen LogP contribution in [0.2, 0.25) is 0 Å². The second kappa shape index (κ2) is 9.43. The Hall–Kier alpha value is -2.78. The second-order valence-electron chi connectivity index (χ2n) is 7.64. The second-order valence-corrected chi connectivity index (χ2v) is 7.64. The van der Waals surface area contributed by atoms with Crippen LogP contribution in [0, 0.1) is 28.6 Å². The summed E-state index contributed by atoms with van der Waals surface area (Å²) >= 11 is 0. The van der Waals surface area contributed by atoms with E-state index in [0.717, 1.165) is 41.2 Å². The van der Waals surface area contributed by atoms with E-state index in [1.807, 2.05) is 37.3 Å². The lowest BCUT2D eigenvalue weighted by Gasteiger charge is -2.29. The van der Waals surface area contributed by atoms with Crippen LogP contribution in [0.15, 0.2) is 36.4 Å². The van der Waals surface area contributed by atoms with Gasteiger partial charge >= 0.3 is 0 Å². The van der Waals surface area contributed by atoms with E-state index in [-0.39, 0.29) is 0 Å². The van der Waals surface area contributed by atoms with Crippen LogP contribution in [0.4, 0.5) is 0 Å². The lowest BCUT2D eigenvalue weighted by Crippen LogP contribution is -2.14. The zero-order valence-electron chi connectivity index (χ0n) is 16.9. The monoisotopic (exact) mass is 372 g/mol. The summed E-state index contributed by atoms with van der Waals surface area (Å²) in [6.07, 6.45) is 7.24. The quantitative estimate of drug-likeness (QED) is 0.576. The molecule has 1 aliphatic rings. The van der Waals surface area contributed by atoms with Crippen LogP contribution in [0.1, 0.15) is 75.0 Å². The molecule has 3 heteroatoms. The predicted molar refractivity (Wildman–Crippen MR) is 112 cm³/mol. The fraction of sp³-hybridized carbons (Fsp3) is 0.440. The summed E-state index contributed by atoms with van der Waals surface area (Å²) in [5.74, 6) is 2.03. The van der Waals surface area contributed by atoms with Crippen molar-refractivity contribution in [2.45, 2.75) is 58.3 Å². The van der Waals surface area contributed by atoms with Gasteiger partial charge in [0.1, 0.15) is 17.9 Å². The number of hydrogen-bond acceptors (Lipinski definition) is 3. The molecule has 28 heavy (non-hydrogen) atoms. The molecule has 1 saturated carbocycles. The summed E-state index contributed by atoms with van der Waals surface area (Å²) < 4.78 is 5.51. The van der Waals surface area contributed by atoms with Crippen LogP contribution in [-0.2, 0) is 0 Å². The van der Waals surface area contributed by atoms with E-state index in [2.05, 4.69) is 25.1 Å². The van der Waals surface area contributed by atoms with E-state index in [0.29, 0.717) is 23.7 Å². The van der Waals surface area contributed by atoms with Gasteiger partial charge in [0, 0.05) is 5.56 Å². The van der Waals surface area contributed by atoms with Crippen LogP contribution in [0.5, 0.6) is 5.75 Å². The Bertz CT molecular complexity index is 878. The molecule has 0 saturated heterocycles. The molecule has 0 amide bonds. The Balaban J connectivity index is 1.91. The minimum atomic E-state index is 0.393. The van der Waals surface area contributed by atoms with E-state index < -0.39 is 0 Å². The van der Waals surface area contributed by atoms with Crippen molar-refractivity contribution in [3.63, 3.8) is 0 Å². The van der Waals surface area contributed by atoms with Gasteiger partial charge in [-0.15, -0.1) is 0 Å². The minimum absolute atomic E-state index is 0.393. The number of ether oxygens (including phenoxy) is 1. The minimum Gasteiger partial charge on any atom is -0.494 e. The Morgan fingerprint density at radius 3 is 2.14 bits per heavy atom. The first kappa shape index (κ1) is 20.0. The summed E-state index contributed by atoms with van der Waals surface area (Å²) in [5.41, 5.74) is 3.89. The smallest absolute Gasteiger partial charge is 0.119 e. The maximum Gasteiger partial charge on any atom is 0.119 e. The van der Waals surface area contributed by atoms with Gasteiger partial charge in [0.2, 0.25) is 0 Å². The lowest BCUT2D eigenvalue weighted by atomic mass is 9.75. The Labute approximate surface area is 168 Å². The van der Waals surface area contributed by atoms with Crippen LogP contribution < -0.4 is 4.74 Å². The van der Waals surface area contributed by atoms with Gasteiger partial charge in [-0.3, -0.25) is 0 Å². The van der Waals surface area contributed by atoms with E-state index in [9.17, 15) is 10.5 Å². The highest BCUT2D eigenvalue weighted by molar-refractivity contribution is 5.75. The van der Waals surface area contributed by atoms with Crippen molar-refractivity contribution < 1.29 is 4.74 Å². The molecular formula is C25H28N2O. The molecule has 0 bridgehead atoms. The summed E-state index contributed by atoms with van der Waals surface area (Å²) in [6, 6.07) is 16.5. The molecule has 2 aromatic rings. The zero-order chi connectivity index (χ0) is 19.9. The first-order chi connectivity index (χ1) is 13.7. The molecule has 0 radical (unpaired) electrons. The van der Waals surface area contributed by atoms with Crippen LogP contribution >= 0.6 is 0 Å². The molecule has 1 fully saturated rings. The molecular weight excluding hydrogens is 344 g/mol. The van der Waals surface area contributed by atoms with Crippen LogP contribution in [-0.4, -0.2) is 6.61 Å². The molecule has 144 valence electrons. The van der Waals surface area contributed by atoms with Gasteiger partial charge in [-0.1, -0.05) is 44.0 Å². The molecule has 0 aromatic heterocycles. The van der Waals surface area contributed by atoms with E-state index in [1.54, 1.807) is 0 Å². The van der Waals surface area contributed by atoms with Crippen molar-refractivity contribution in [1.82, 2.24) is 0 Å². The highest BCUT2D eigenvalue weighted by Gasteiger charge is 2.25. The zero-order valence-corrected chi connectivity index (χ0v) is 16.9. The average molecular weight is 373 g/mol. The maximum atomic E-state index is 9.86. The maximum absolute atomic E-state index is 9.86. The van der Waals surface area contributed by atoms with Crippen LogP contribution in [0.3, 0.4) is 0 Å². The van der Waals surface area contributed by atoms with Crippen molar-refractivity contribution >= 4 is 0 Å². The summed E-state index contributed by atoms with van der Waals surface area (Å²) in [5, 5.41) is 19.7. The molecule has 0 unspecified atom stereocenters. The van der Waals surface area contributed by atoms with Crippen molar-refractivity contribution in [2.24, 2.45) is 5.92 Å². The first-order valence-electron chi connectivity index (χ1n) is 10.4. The number of rotatable bonds is 6. The highest BCUT2D eigenvalue weighted by Crippen LogP contribution is 2.40. The molecule has 3 rings (SSSR count). The third-order valence-electron chi connectivity index (χ3n) is 5.92. The third kappa shape index (κ3) is 4.20. The summed E-state index contributed by atoms with van der Waals surface area (Å²) in [6.45, 7) is 4.82. The van der Waals surface area contributed by atoms with E-state index in [1.165, 1.54) is 25.7 Å². The van der Waals surface area contributed by atoms with Crippen molar-refractivity contribution in [3.05, 3.63) is 53.1 Å². The molecule has 2 aromatic carbocycles. The number of benzene rings is 2. The third-order valence-corrected chi connectivity index (χ3v) is 5.92. The predicted octanol–water partition coefficient (Wildman–Crippen LogP) is 6.57. The van der Waals surface area contributed by atoms with Crippen molar-refractivity contribution in [3.8, 4) is 29.0 Å². The molecule has 0 spiro atoms. The normalized spacial score (nSPS) is 18.9. The highest BCUT2D eigenvalue weighted by atomic mass is 16.5. The van der Waals surface area contributed by atoms with Crippen LogP contribution in [0.25, 0.3) is 11.1 Å². The van der Waals surface area contributed by atoms with Gasteiger partial charge in [0.15, 0.2) is 0 Å². The molecule has 0 atom stereocenters. The van der Waals surface area contributed by atoms with Gasteiger partial charge in [-0.2, -0.15) is 10.5 Å². The summed E-state index contributed by atoms with van der Waals surface area (Å²) in [7, 11) is 0. The van der Waals surface area contributed by atoms with Gasteiger partial charge < -0.3 is 4.74 Å². The number of nitriles is 2. The lowest BCUT2D eigenvalue weighted by molar-refractivity contribution is 0.308. The average Bonchev–Trinajstić information content (AvgIpc) is 2.74. The van der Waals surface area contributed by atoms with Gasteiger partial charge in [0.25, 0.3) is 0 Å². The molecule has 0 aliphatic heterocycles.